The Morgan fingerprint density at radius 3 is 2.47 bits per heavy atom. The number of aromatic nitrogens is 1. The van der Waals surface area contributed by atoms with Crippen LogP contribution < -0.4 is 11.1 Å². The molecule has 1 unspecified atom stereocenters. The molecule has 154 valence electrons. The van der Waals surface area contributed by atoms with E-state index in [-0.39, 0.29) is 29.3 Å². The number of hydrogen-bond donors (Lipinski definition) is 2. The lowest BCUT2D eigenvalue weighted by Gasteiger charge is -2.16. The molecule has 3 rings (SSSR count). The molecular weight excluding hydrogens is 413 g/mol. The smallest absolute Gasteiger partial charge is 0.290 e. The van der Waals surface area contributed by atoms with Gasteiger partial charge in [-0.05, 0) is 29.8 Å². The highest BCUT2D eigenvalue weighted by atomic mass is 35.5. The molecule has 2 aromatic carbocycles. The number of hydrogen-bond acceptors (Lipinski definition) is 5. The van der Waals surface area contributed by atoms with Gasteiger partial charge in [-0.2, -0.15) is 0 Å². The molecule has 7 nitrogen and oxygen atoms in total. The van der Waals surface area contributed by atoms with Crippen LogP contribution >= 0.6 is 11.6 Å². The maximum absolute atomic E-state index is 14.2. The Bertz CT molecular complexity index is 1110. The van der Waals surface area contributed by atoms with Crippen molar-refractivity contribution in [2.24, 2.45) is 5.73 Å². The number of primary amides is 1. The molecule has 3 aromatic rings. The van der Waals surface area contributed by atoms with Gasteiger partial charge in [-0.1, -0.05) is 35.9 Å². The third-order valence-electron chi connectivity index (χ3n) is 4.29. The Balaban J connectivity index is 1.91. The van der Waals surface area contributed by atoms with Crippen molar-refractivity contribution < 1.29 is 23.2 Å². The first-order valence-electron chi connectivity index (χ1n) is 8.87. The second-order valence-corrected chi connectivity index (χ2v) is 6.91. The van der Waals surface area contributed by atoms with Crippen molar-refractivity contribution in [3.8, 4) is 11.3 Å². The zero-order valence-corrected chi connectivity index (χ0v) is 16.6. The van der Waals surface area contributed by atoms with Gasteiger partial charge in [0.15, 0.2) is 5.89 Å². The molecule has 0 radical (unpaired) electrons. The van der Waals surface area contributed by atoms with E-state index in [9.17, 15) is 18.8 Å². The number of nitrogens with zero attached hydrogens (tertiary/aromatic N) is 1. The molecule has 1 atom stereocenters. The average molecular weight is 430 g/mol. The van der Waals surface area contributed by atoms with Crippen LogP contribution in [0.4, 0.5) is 4.39 Å². The van der Waals surface area contributed by atoms with Gasteiger partial charge >= 0.3 is 0 Å². The lowest BCUT2D eigenvalue weighted by atomic mass is 10.0. The normalized spacial score (nSPS) is 11.7. The predicted octanol–water partition coefficient (Wildman–Crippen LogP) is 2.84. The Morgan fingerprint density at radius 1 is 1.17 bits per heavy atom. The van der Waals surface area contributed by atoms with Gasteiger partial charge in [0, 0.05) is 23.9 Å². The molecule has 0 spiro atoms. The Labute approximate surface area is 176 Å². The predicted molar refractivity (Wildman–Crippen MR) is 107 cm³/mol. The van der Waals surface area contributed by atoms with E-state index >= 15 is 0 Å². The first-order valence-corrected chi connectivity index (χ1v) is 9.25. The van der Waals surface area contributed by atoms with Crippen molar-refractivity contribution >= 4 is 29.2 Å². The Kier molecular flexibility index (Phi) is 6.27. The fraction of sp³-hybridized carbons (Fsp3) is 0.143. The second kappa shape index (κ2) is 8.87. The molecule has 9 heteroatoms. The molecule has 0 aliphatic rings. The highest BCUT2D eigenvalue weighted by Gasteiger charge is 2.29. The van der Waals surface area contributed by atoms with E-state index in [0.29, 0.717) is 10.6 Å². The molecule has 1 heterocycles. The molecule has 2 amide bonds. The molecule has 1 aromatic heterocycles. The molecule has 0 fully saturated rings. The van der Waals surface area contributed by atoms with Crippen LogP contribution in [-0.4, -0.2) is 28.6 Å². The minimum absolute atomic E-state index is 0.00711. The molecule has 0 saturated heterocycles. The fourth-order valence-corrected chi connectivity index (χ4v) is 3.00. The number of benzene rings is 2. The van der Waals surface area contributed by atoms with Gasteiger partial charge in [-0.15, -0.1) is 0 Å². The number of amides is 2. The molecule has 30 heavy (non-hydrogen) atoms. The first-order chi connectivity index (χ1) is 14.3. The van der Waals surface area contributed by atoms with Crippen molar-refractivity contribution in [1.29, 1.82) is 0 Å². The standard InChI is InChI=1S/C21H17ClFN3O4/c1-11-25-17(14-4-2-3-5-15(14)23)19(30-11)21(29)26-16(18(27)20(24)28)10-12-6-8-13(22)9-7-12/h2-9,16H,10H2,1H3,(H2,24,28)(H,26,29). The van der Waals surface area contributed by atoms with Crippen LogP contribution in [-0.2, 0) is 16.0 Å². The van der Waals surface area contributed by atoms with Crippen LogP contribution in [0.15, 0.2) is 52.9 Å². The van der Waals surface area contributed by atoms with Crippen LogP contribution in [0.2, 0.25) is 5.02 Å². The number of nitrogens with two attached hydrogens (primary N) is 1. The maximum atomic E-state index is 14.2. The second-order valence-electron chi connectivity index (χ2n) is 6.48. The van der Waals surface area contributed by atoms with Crippen molar-refractivity contribution in [3.63, 3.8) is 0 Å². The highest BCUT2D eigenvalue weighted by molar-refractivity contribution is 6.38. The summed E-state index contributed by atoms with van der Waals surface area (Å²) < 4.78 is 19.6. The summed E-state index contributed by atoms with van der Waals surface area (Å²) >= 11 is 5.86. The first kappa shape index (κ1) is 21.2. The van der Waals surface area contributed by atoms with Gasteiger partial charge in [0.2, 0.25) is 11.5 Å². The topological polar surface area (TPSA) is 115 Å². The molecule has 3 N–H and O–H groups in total. The van der Waals surface area contributed by atoms with E-state index in [1.54, 1.807) is 30.3 Å². The minimum atomic E-state index is -1.25. The molecule has 0 aliphatic carbocycles. The van der Waals surface area contributed by atoms with Gasteiger partial charge in [0.1, 0.15) is 17.6 Å². The van der Waals surface area contributed by atoms with Gasteiger partial charge in [0.25, 0.3) is 11.8 Å². The minimum Gasteiger partial charge on any atom is -0.435 e. The summed E-state index contributed by atoms with van der Waals surface area (Å²) in [6.07, 6.45) is -0.00711. The zero-order valence-electron chi connectivity index (χ0n) is 15.8. The Morgan fingerprint density at radius 2 is 1.83 bits per heavy atom. The van der Waals surface area contributed by atoms with Crippen molar-refractivity contribution in [2.45, 2.75) is 19.4 Å². The zero-order chi connectivity index (χ0) is 21.8. The van der Waals surface area contributed by atoms with Gasteiger partial charge in [-0.3, -0.25) is 14.4 Å². The third kappa shape index (κ3) is 4.72. The lowest BCUT2D eigenvalue weighted by molar-refractivity contribution is -0.137. The highest BCUT2D eigenvalue weighted by Crippen LogP contribution is 2.26. The van der Waals surface area contributed by atoms with E-state index in [0.717, 1.165) is 0 Å². The van der Waals surface area contributed by atoms with E-state index in [1.807, 2.05) is 0 Å². The van der Waals surface area contributed by atoms with Gasteiger partial charge in [-0.25, -0.2) is 9.37 Å². The Hall–Kier alpha value is -3.52. The lowest BCUT2D eigenvalue weighted by Crippen LogP contribution is -2.47. The number of carbonyl (C=O) groups excluding carboxylic acids is 3. The van der Waals surface area contributed by atoms with Crippen LogP contribution in [0, 0.1) is 12.7 Å². The fourth-order valence-electron chi connectivity index (χ4n) is 2.88. The average Bonchev–Trinajstić information content (AvgIpc) is 3.10. The number of carbonyl (C=O) groups is 3. The summed E-state index contributed by atoms with van der Waals surface area (Å²) in [5.74, 6) is -3.75. The van der Waals surface area contributed by atoms with Crippen molar-refractivity contribution in [1.82, 2.24) is 10.3 Å². The molecular formula is C21H17ClFN3O4. The number of oxazole rings is 1. The number of rotatable bonds is 7. The summed E-state index contributed by atoms with van der Waals surface area (Å²) in [5.41, 5.74) is 5.82. The van der Waals surface area contributed by atoms with Crippen molar-refractivity contribution in [2.75, 3.05) is 0 Å². The quantitative estimate of drug-likeness (QED) is 0.560. The SMILES string of the molecule is Cc1nc(-c2ccccc2F)c(C(=O)NC(Cc2ccc(Cl)cc2)C(=O)C(N)=O)o1. The summed E-state index contributed by atoms with van der Waals surface area (Å²) in [7, 11) is 0. The van der Waals surface area contributed by atoms with Crippen LogP contribution in [0.1, 0.15) is 22.0 Å². The van der Waals surface area contributed by atoms with Gasteiger partial charge < -0.3 is 15.5 Å². The summed E-state index contributed by atoms with van der Waals surface area (Å²) in [4.78, 5) is 40.7. The number of nitrogens with one attached hydrogen (secondary N) is 1. The number of Topliss-reactive ketones (excluding diaryl/α,β-unsaturated/α-hetero) is 1. The number of ketones is 1. The number of aryl methyl sites for hydroxylation is 1. The van der Waals surface area contributed by atoms with E-state index in [1.165, 1.54) is 25.1 Å². The monoisotopic (exact) mass is 429 g/mol. The largest absolute Gasteiger partial charge is 0.435 e. The van der Waals surface area contributed by atoms with Crippen molar-refractivity contribution in [3.05, 3.63) is 76.6 Å². The van der Waals surface area contributed by atoms with E-state index < -0.39 is 29.5 Å². The van der Waals surface area contributed by atoms with E-state index in [2.05, 4.69) is 10.3 Å². The summed E-state index contributed by atoms with van der Waals surface area (Å²) in [6, 6.07) is 11.0. The van der Waals surface area contributed by atoms with E-state index in [4.69, 9.17) is 21.8 Å². The maximum Gasteiger partial charge on any atom is 0.290 e. The third-order valence-corrected chi connectivity index (χ3v) is 4.54. The van der Waals surface area contributed by atoms with Crippen LogP contribution in [0.25, 0.3) is 11.3 Å². The summed E-state index contributed by atoms with van der Waals surface area (Å²) in [6.45, 7) is 1.50. The molecule has 0 bridgehead atoms. The van der Waals surface area contributed by atoms with Gasteiger partial charge in [0.05, 0.1) is 0 Å². The van der Waals surface area contributed by atoms with Crippen LogP contribution in [0.3, 0.4) is 0 Å². The summed E-state index contributed by atoms with van der Waals surface area (Å²) in [5, 5.41) is 2.93. The molecule has 0 saturated carbocycles. The van der Waals surface area contributed by atoms with Crippen LogP contribution in [0.5, 0.6) is 0 Å². The molecule has 0 aliphatic heterocycles. The number of halogens is 2.